The zero-order valence-electron chi connectivity index (χ0n) is 16.4. The minimum Gasteiger partial charge on any atom is -0.327 e. The van der Waals surface area contributed by atoms with E-state index in [0.29, 0.717) is 18.5 Å². The standard InChI is InChI=1S/C23H28N2O2/c1-23(2,3)18-12-14-19(15-13-18)24-21(26)20-11-7-8-16-25(20)22(27)17-9-5-4-6-10-17/h4-6,9-10,12-15,20H,7-8,11,16H2,1-3H3,(H,24,26)/t20-/m0/s1. The van der Waals surface area contributed by atoms with Crippen LogP contribution in [0.3, 0.4) is 0 Å². The second-order valence-electron chi connectivity index (χ2n) is 8.19. The van der Waals surface area contributed by atoms with Crippen molar-refractivity contribution < 1.29 is 9.59 Å². The van der Waals surface area contributed by atoms with Gasteiger partial charge in [0.25, 0.3) is 5.91 Å². The van der Waals surface area contributed by atoms with Gasteiger partial charge in [-0.2, -0.15) is 0 Å². The highest BCUT2D eigenvalue weighted by molar-refractivity contribution is 6.01. The van der Waals surface area contributed by atoms with E-state index in [1.807, 2.05) is 42.5 Å². The van der Waals surface area contributed by atoms with E-state index in [-0.39, 0.29) is 17.2 Å². The Morgan fingerprint density at radius 3 is 2.26 bits per heavy atom. The molecule has 4 heteroatoms. The van der Waals surface area contributed by atoms with Gasteiger partial charge in [-0.15, -0.1) is 0 Å². The lowest BCUT2D eigenvalue weighted by atomic mass is 9.87. The third-order valence-electron chi connectivity index (χ3n) is 5.11. The van der Waals surface area contributed by atoms with Crippen molar-refractivity contribution in [3.63, 3.8) is 0 Å². The maximum absolute atomic E-state index is 12.9. The van der Waals surface area contributed by atoms with Crippen molar-refractivity contribution in [2.45, 2.75) is 51.5 Å². The van der Waals surface area contributed by atoms with Crippen molar-refractivity contribution in [3.05, 3.63) is 65.7 Å². The molecule has 0 aliphatic carbocycles. The summed E-state index contributed by atoms with van der Waals surface area (Å²) in [5.74, 6) is -0.180. The molecule has 2 amide bonds. The molecule has 4 nitrogen and oxygen atoms in total. The number of benzene rings is 2. The normalized spacial score (nSPS) is 17.4. The van der Waals surface area contributed by atoms with E-state index in [1.165, 1.54) is 5.56 Å². The van der Waals surface area contributed by atoms with E-state index in [2.05, 4.69) is 26.1 Å². The molecule has 0 radical (unpaired) electrons. The van der Waals surface area contributed by atoms with E-state index in [1.54, 1.807) is 17.0 Å². The van der Waals surface area contributed by atoms with Crippen LogP contribution in [0.4, 0.5) is 5.69 Å². The van der Waals surface area contributed by atoms with Crippen molar-refractivity contribution in [3.8, 4) is 0 Å². The molecular formula is C23H28N2O2. The molecule has 0 saturated carbocycles. The van der Waals surface area contributed by atoms with Gasteiger partial charge in [-0.05, 0) is 54.5 Å². The van der Waals surface area contributed by atoms with Gasteiger partial charge in [0.2, 0.25) is 5.91 Å². The Balaban J connectivity index is 1.73. The summed E-state index contributed by atoms with van der Waals surface area (Å²) < 4.78 is 0. The summed E-state index contributed by atoms with van der Waals surface area (Å²) in [5, 5.41) is 2.99. The lowest BCUT2D eigenvalue weighted by Gasteiger charge is -2.34. The molecule has 0 unspecified atom stereocenters. The second kappa shape index (κ2) is 7.95. The lowest BCUT2D eigenvalue weighted by Crippen LogP contribution is -2.50. The molecule has 27 heavy (non-hydrogen) atoms. The van der Waals surface area contributed by atoms with E-state index in [4.69, 9.17) is 0 Å². The van der Waals surface area contributed by atoms with Gasteiger partial charge in [-0.25, -0.2) is 0 Å². The Labute approximate surface area is 161 Å². The first-order valence-electron chi connectivity index (χ1n) is 9.64. The zero-order valence-corrected chi connectivity index (χ0v) is 16.4. The van der Waals surface area contributed by atoms with E-state index in [0.717, 1.165) is 18.5 Å². The number of carbonyl (C=O) groups is 2. The smallest absolute Gasteiger partial charge is 0.254 e. The fraction of sp³-hybridized carbons (Fsp3) is 0.391. The molecule has 1 fully saturated rings. The van der Waals surface area contributed by atoms with Crippen LogP contribution in [-0.4, -0.2) is 29.3 Å². The molecule has 1 atom stereocenters. The number of nitrogens with zero attached hydrogens (tertiary/aromatic N) is 1. The number of piperidine rings is 1. The number of nitrogens with one attached hydrogen (secondary N) is 1. The molecular weight excluding hydrogens is 336 g/mol. The number of carbonyl (C=O) groups excluding carboxylic acids is 2. The number of hydrogen-bond donors (Lipinski definition) is 1. The fourth-order valence-electron chi connectivity index (χ4n) is 3.47. The lowest BCUT2D eigenvalue weighted by molar-refractivity contribution is -0.121. The van der Waals surface area contributed by atoms with Crippen molar-refractivity contribution >= 4 is 17.5 Å². The number of likely N-dealkylation sites (tertiary alicyclic amines) is 1. The summed E-state index contributed by atoms with van der Waals surface area (Å²) in [7, 11) is 0. The summed E-state index contributed by atoms with van der Waals surface area (Å²) in [5.41, 5.74) is 2.70. The monoisotopic (exact) mass is 364 g/mol. The van der Waals surface area contributed by atoms with Gasteiger partial charge in [0.1, 0.15) is 6.04 Å². The van der Waals surface area contributed by atoms with Gasteiger partial charge < -0.3 is 10.2 Å². The molecule has 1 saturated heterocycles. The number of amides is 2. The number of anilines is 1. The SMILES string of the molecule is CC(C)(C)c1ccc(NC(=O)[C@@H]2CCCCN2C(=O)c2ccccc2)cc1. The molecule has 3 rings (SSSR count). The quantitative estimate of drug-likeness (QED) is 0.864. The van der Waals surface area contributed by atoms with Gasteiger partial charge in [0.05, 0.1) is 0 Å². The van der Waals surface area contributed by atoms with Gasteiger partial charge >= 0.3 is 0 Å². The van der Waals surface area contributed by atoms with E-state index < -0.39 is 6.04 Å². The van der Waals surface area contributed by atoms with Crippen molar-refractivity contribution in [1.82, 2.24) is 4.90 Å². The van der Waals surface area contributed by atoms with Crippen molar-refractivity contribution in [1.29, 1.82) is 0 Å². The second-order valence-corrected chi connectivity index (χ2v) is 8.19. The third-order valence-corrected chi connectivity index (χ3v) is 5.11. The molecule has 0 spiro atoms. The van der Waals surface area contributed by atoms with Gasteiger partial charge in [0.15, 0.2) is 0 Å². The first-order chi connectivity index (χ1) is 12.9. The van der Waals surface area contributed by atoms with Gasteiger partial charge in [0, 0.05) is 17.8 Å². The molecule has 0 bridgehead atoms. The third kappa shape index (κ3) is 4.57. The number of hydrogen-bond acceptors (Lipinski definition) is 2. The molecule has 142 valence electrons. The maximum atomic E-state index is 12.9. The van der Waals surface area contributed by atoms with Crippen molar-refractivity contribution in [2.24, 2.45) is 0 Å². The minimum atomic E-state index is -0.422. The molecule has 1 aliphatic rings. The summed E-state index contributed by atoms with van der Waals surface area (Å²) in [4.78, 5) is 27.5. The minimum absolute atomic E-state index is 0.0708. The van der Waals surface area contributed by atoms with Gasteiger partial charge in [-0.3, -0.25) is 9.59 Å². The van der Waals surface area contributed by atoms with Crippen LogP contribution >= 0.6 is 0 Å². The Kier molecular flexibility index (Phi) is 5.64. The van der Waals surface area contributed by atoms with E-state index >= 15 is 0 Å². The average molecular weight is 364 g/mol. The summed E-state index contributed by atoms with van der Waals surface area (Å²) >= 11 is 0. The zero-order chi connectivity index (χ0) is 19.4. The summed E-state index contributed by atoms with van der Waals surface area (Å²) in [6, 6.07) is 16.7. The van der Waals surface area contributed by atoms with Crippen LogP contribution in [0.5, 0.6) is 0 Å². The molecule has 2 aromatic rings. The highest BCUT2D eigenvalue weighted by Gasteiger charge is 2.32. The van der Waals surface area contributed by atoms with Gasteiger partial charge in [-0.1, -0.05) is 51.1 Å². The first kappa shape index (κ1) is 19.2. The molecule has 1 heterocycles. The predicted molar refractivity (Wildman–Crippen MR) is 109 cm³/mol. The largest absolute Gasteiger partial charge is 0.327 e. The van der Waals surface area contributed by atoms with E-state index in [9.17, 15) is 9.59 Å². The Hall–Kier alpha value is -2.62. The van der Waals surface area contributed by atoms with Crippen LogP contribution < -0.4 is 5.32 Å². The maximum Gasteiger partial charge on any atom is 0.254 e. The fourth-order valence-corrected chi connectivity index (χ4v) is 3.47. The Morgan fingerprint density at radius 2 is 1.63 bits per heavy atom. The molecule has 0 aromatic heterocycles. The Bertz CT molecular complexity index is 791. The summed E-state index contributed by atoms with van der Waals surface area (Å²) in [6.45, 7) is 7.11. The van der Waals surface area contributed by atoms with Crippen LogP contribution in [0.2, 0.25) is 0 Å². The molecule has 2 aromatic carbocycles. The molecule has 1 N–H and O–H groups in total. The first-order valence-corrected chi connectivity index (χ1v) is 9.64. The average Bonchev–Trinajstić information content (AvgIpc) is 2.68. The van der Waals surface area contributed by atoms with Crippen LogP contribution in [-0.2, 0) is 10.2 Å². The van der Waals surface area contributed by atoms with Crippen molar-refractivity contribution in [2.75, 3.05) is 11.9 Å². The Morgan fingerprint density at radius 1 is 0.963 bits per heavy atom. The van der Waals surface area contributed by atoms with Crippen LogP contribution in [0, 0.1) is 0 Å². The van der Waals surface area contributed by atoms with Crippen LogP contribution in [0.25, 0.3) is 0 Å². The number of rotatable bonds is 3. The summed E-state index contributed by atoms with van der Waals surface area (Å²) in [6.07, 6.45) is 2.59. The highest BCUT2D eigenvalue weighted by Crippen LogP contribution is 2.25. The highest BCUT2D eigenvalue weighted by atomic mass is 16.2. The predicted octanol–water partition coefficient (Wildman–Crippen LogP) is 4.62. The topological polar surface area (TPSA) is 49.4 Å². The van der Waals surface area contributed by atoms with Crippen LogP contribution in [0.1, 0.15) is 56.0 Å². The molecule has 1 aliphatic heterocycles. The van der Waals surface area contributed by atoms with Crippen LogP contribution in [0.15, 0.2) is 54.6 Å².